The molecule has 0 spiro atoms. The molecule has 1 aliphatic heterocycles. The van der Waals surface area contributed by atoms with Gasteiger partial charge in [-0.3, -0.25) is 0 Å². The maximum atomic E-state index is 10.6. The van der Waals surface area contributed by atoms with Crippen LogP contribution in [0.2, 0.25) is 0 Å². The van der Waals surface area contributed by atoms with E-state index in [1.54, 1.807) is 0 Å². The lowest BCUT2D eigenvalue weighted by molar-refractivity contribution is -0.0697. The topological polar surface area (TPSA) is 55.5 Å². The maximum Gasteiger partial charge on any atom is 0.108 e. The van der Waals surface area contributed by atoms with Crippen molar-refractivity contribution >= 4 is 0 Å². The highest BCUT2D eigenvalue weighted by Crippen LogP contribution is 2.43. The number of rotatable bonds is 1. The molecule has 0 aromatic carbocycles. The number of nitrogens with two attached hydrogens (primary N) is 1. The summed E-state index contributed by atoms with van der Waals surface area (Å²) in [4.78, 5) is 0. The van der Waals surface area contributed by atoms with Gasteiger partial charge in [-0.15, -0.1) is 0 Å². The fraction of sp³-hybridized carbons (Fsp3) is 1.00. The van der Waals surface area contributed by atoms with Crippen molar-refractivity contribution in [2.45, 2.75) is 50.7 Å². The average molecular weight is 213 g/mol. The molecule has 3 heteroatoms. The van der Waals surface area contributed by atoms with E-state index in [0.717, 1.165) is 12.8 Å². The number of aliphatic hydroxyl groups is 1. The first-order valence-corrected chi connectivity index (χ1v) is 6.04. The van der Waals surface area contributed by atoms with Crippen molar-refractivity contribution in [1.29, 1.82) is 0 Å². The van der Waals surface area contributed by atoms with Gasteiger partial charge in [-0.25, -0.2) is 0 Å². The third kappa shape index (κ3) is 1.93. The third-order valence-corrected chi connectivity index (χ3v) is 4.16. The van der Waals surface area contributed by atoms with E-state index >= 15 is 0 Å². The van der Waals surface area contributed by atoms with Crippen LogP contribution in [-0.4, -0.2) is 29.5 Å². The second kappa shape index (κ2) is 3.72. The van der Waals surface area contributed by atoms with Gasteiger partial charge in [-0.1, -0.05) is 13.8 Å². The van der Waals surface area contributed by atoms with Crippen LogP contribution in [0.15, 0.2) is 0 Å². The second-order valence-electron chi connectivity index (χ2n) is 5.84. The first kappa shape index (κ1) is 11.4. The Morgan fingerprint density at radius 3 is 2.33 bits per heavy atom. The molecular weight excluding hydrogens is 190 g/mol. The molecular formula is C12H23NO2. The Labute approximate surface area is 92.0 Å². The minimum Gasteiger partial charge on any atom is -0.385 e. The normalized spacial score (nSPS) is 52.0. The zero-order valence-electron chi connectivity index (χ0n) is 9.83. The van der Waals surface area contributed by atoms with Crippen LogP contribution < -0.4 is 5.73 Å². The maximum absolute atomic E-state index is 10.6. The third-order valence-electron chi connectivity index (χ3n) is 4.16. The second-order valence-corrected chi connectivity index (χ2v) is 5.84. The van der Waals surface area contributed by atoms with Crippen LogP contribution in [0.4, 0.5) is 0 Å². The summed E-state index contributed by atoms with van der Waals surface area (Å²) < 4.78 is 5.32. The van der Waals surface area contributed by atoms with Crippen molar-refractivity contribution < 1.29 is 9.84 Å². The molecule has 0 radical (unpaired) electrons. The molecule has 15 heavy (non-hydrogen) atoms. The van der Waals surface area contributed by atoms with Gasteiger partial charge in [0, 0.05) is 18.6 Å². The van der Waals surface area contributed by atoms with E-state index in [2.05, 4.69) is 13.8 Å². The lowest BCUT2D eigenvalue weighted by Gasteiger charge is -2.48. The summed E-state index contributed by atoms with van der Waals surface area (Å²) in [7, 11) is 0. The Bertz CT molecular complexity index is 226. The van der Waals surface area contributed by atoms with Gasteiger partial charge in [0.05, 0.1) is 6.61 Å². The Balaban J connectivity index is 2.17. The lowest BCUT2D eigenvalue weighted by Crippen LogP contribution is -2.64. The first-order chi connectivity index (χ1) is 6.95. The van der Waals surface area contributed by atoms with Gasteiger partial charge in [0.2, 0.25) is 0 Å². The number of hydrogen-bond acceptors (Lipinski definition) is 3. The largest absolute Gasteiger partial charge is 0.385 e. The van der Waals surface area contributed by atoms with Gasteiger partial charge in [0.15, 0.2) is 0 Å². The predicted molar refractivity (Wildman–Crippen MR) is 59.5 cm³/mol. The Morgan fingerprint density at radius 2 is 1.87 bits per heavy atom. The molecule has 0 amide bonds. The van der Waals surface area contributed by atoms with E-state index in [-0.39, 0.29) is 0 Å². The lowest BCUT2D eigenvalue weighted by atomic mass is 9.64. The minimum absolute atomic E-state index is 0.420. The summed E-state index contributed by atoms with van der Waals surface area (Å²) >= 11 is 0. The van der Waals surface area contributed by atoms with Crippen molar-refractivity contribution in [2.75, 3.05) is 13.2 Å². The summed E-state index contributed by atoms with van der Waals surface area (Å²) in [6.45, 7) is 5.54. The van der Waals surface area contributed by atoms with E-state index in [9.17, 15) is 5.11 Å². The summed E-state index contributed by atoms with van der Waals surface area (Å²) in [5.41, 5.74) is 5.24. The Morgan fingerprint density at radius 1 is 1.27 bits per heavy atom. The molecule has 1 saturated heterocycles. The summed E-state index contributed by atoms with van der Waals surface area (Å²) in [5.74, 6) is 1.23. The van der Waals surface area contributed by atoms with Crippen molar-refractivity contribution in [3.63, 3.8) is 0 Å². The molecule has 2 rings (SSSR count). The fourth-order valence-corrected chi connectivity index (χ4v) is 3.51. The Hall–Kier alpha value is -0.120. The van der Waals surface area contributed by atoms with Gasteiger partial charge >= 0.3 is 0 Å². The predicted octanol–water partition coefficient (Wildman–Crippen LogP) is 1.29. The highest BCUT2D eigenvalue weighted by atomic mass is 16.5. The van der Waals surface area contributed by atoms with Crippen molar-refractivity contribution in [2.24, 2.45) is 17.6 Å². The molecule has 3 N–H and O–H groups in total. The first-order valence-electron chi connectivity index (χ1n) is 6.04. The van der Waals surface area contributed by atoms with Crippen LogP contribution in [0, 0.1) is 11.8 Å². The van der Waals surface area contributed by atoms with Gasteiger partial charge in [0.1, 0.15) is 5.60 Å². The van der Waals surface area contributed by atoms with Gasteiger partial charge in [-0.05, 0) is 31.1 Å². The molecule has 0 bridgehead atoms. The summed E-state index contributed by atoms with van der Waals surface area (Å²) in [6, 6.07) is 0. The van der Waals surface area contributed by atoms with E-state index in [0.29, 0.717) is 31.5 Å². The molecule has 1 aliphatic carbocycles. The SMILES string of the molecule is CC1CC(C)CC(N)(C2(O)CCOC2)C1. The smallest absolute Gasteiger partial charge is 0.108 e. The van der Waals surface area contributed by atoms with Crippen molar-refractivity contribution in [3.8, 4) is 0 Å². The molecule has 1 heterocycles. The van der Waals surface area contributed by atoms with Crippen LogP contribution in [-0.2, 0) is 4.74 Å². The van der Waals surface area contributed by atoms with Crippen LogP contribution in [0.1, 0.15) is 39.5 Å². The summed E-state index contributed by atoms with van der Waals surface area (Å²) in [5, 5.41) is 10.6. The molecule has 88 valence electrons. The molecule has 3 atom stereocenters. The van der Waals surface area contributed by atoms with Crippen LogP contribution >= 0.6 is 0 Å². The monoisotopic (exact) mass is 213 g/mol. The quantitative estimate of drug-likeness (QED) is 0.690. The highest BCUT2D eigenvalue weighted by Gasteiger charge is 2.52. The molecule has 1 saturated carbocycles. The molecule has 0 aromatic rings. The molecule has 3 nitrogen and oxygen atoms in total. The van der Waals surface area contributed by atoms with E-state index in [1.807, 2.05) is 0 Å². The molecule has 2 aliphatic rings. The zero-order chi connectivity index (χ0) is 11.1. The summed E-state index contributed by atoms with van der Waals surface area (Å²) in [6.07, 6.45) is 3.78. The molecule has 3 unspecified atom stereocenters. The highest BCUT2D eigenvalue weighted by molar-refractivity contribution is 5.08. The van der Waals surface area contributed by atoms with Gasteiger partial charge in [0.25, 0.3) is 0 Å². The van der Waals surface area contributed by atoms with Crippen LogP contribution in [0.5, 0.6) is 0 Å². The van der Waals surface area contributed by atoms with Gasteiger partial charge < -0.3 is 15.6 Å². The van der Waals surface area contributed by atoms with Crippen LogP contribution in [0.25, 0.3) is 0 Å². The van der Waals surface area contributed by atoms with Crippen molar-refractivity contribution in [1.82, 2.24) is 0 Å². The van der Waals surface area contributed by atoms with E-state index in [1.165, 1.54) is 6.42 Å². The standard InChI is InChI=1S/C12H23NO2/c1-9-5-10(2)7-11(13,6-9)12(14)3-4-15-8-12/h9-10,14H,3-8,13H2,1-2H3. The Kier molecular flexibility index (Phi) is 2.82. The van der Waals surface area contributed by atoms with Crippen molar-refractivity contribution in [3.05, 3.63) is 0 Å². The van der Waals surface area contributed by atoms with Crippen LogP contribution in [0.3, 0.4) is 0 Å². The minimum atomic E-state index is -0.782. The van der Waals surface area contributed by atoms with Gasteiger partial charge in [-0.2, -0.15) is 0 Å². The average Bonchev–Trinajstić information content (AvgIpc) is 2.51. The zero-order valence-corrected chi connectivity index (χ0v) is 9.83. The molecule has 2 fully saturated rings. The fourth-order valence-electron chi connectivity index (χ4n) is 3.51. The van der Waals surface area contributed by atoms with E-state index < -0.39 is 11.1 Å². The van der Waals surface area contributed by atoms with E-state index in [4.69, 9.17) is 10.5 Å². The number of ether oxygens (including phenoxy) is 1. The molecule has 0 aromatic heterocycles. The number of hydrogen-bond donors (Lipinski definition) is 2.